The van der Waals surface area contributed by atoms with Crippen LogP contribution in [0.1, 0.15) is 25.1 Å². The van der Waals surface area contributed by atoms with Crippen molar-refractivity contribution in [3.05, 3.63) is 40.5 Å². The van der Waals surface area contributed by atoms with Crippen LogP contribution in [0.25, 0.3) is 11.3 Å². The summed E-state index contributed by atoms with van der Waals surface area (Å²) in [5.74, 6) is 0.829. The van der Waals surface area contributed by atoms with Crippen molar-refractivity contribution in [2.45, 2.75) is 26.8 Å². The minimum atomic E-state index is 0.744. The lowest BCUT2D eigenvalue weighted by molar-refractivity contribution is 0.625. The Bertz CT molecular complexity index is 650. The molecule has 2 aromatic rings. The van der Waals surface area contributed by atoms with Gasteiger partial charge in [0.05, 0.1) is 11.4 Å². The van der Waals surface area contributed by atoms with Crippen molar-refractivity contribution >= 4 is 17.5 Å². The predicted octanol–water partition coefficient (Wildman–Crippen LogP) is 3.29. The Kier molecular flexibility index (Phi) is 4.60. The van der Waals surface area contributed by atoms with Gasteiger partial charge in [0.15, 0.2) is 0 Å². The van der Waals surface area contributed by atoms with Gasteiger partial charge in [-0.15, -0.1) is 0 Å². The lowest BCUT2D eigenvalue weighted by Crippen LogP contribution is -2.29. The van der Waals surface area contributed by atoms with E-state index < -0.39 is 0 Å². The van der Waals surface area contributed by atoms with Crippen LogP contribution in [0.5, 0.6) is 0 Å². The first-order chi connectivity index (χ1) is 10.7. The van der Waals surface area contributed by atoms with Crippen LogP contribution in [0.15, 0.2) is 24.3 Å². The van der Waals surface area contributed by atoms with E-state index in [-0.39, 0.29) is 0 Å². The summed E-state index contributed by atoms with van der Waals surface area (Å²) in [4.78, 5) is 11.9. The fourth-order valence-corrected chi connectivity index (χ4v) is 2.95. The van der Waals surface area contributed by atoms with Gasteiger partial charge in [-0.25, -0.2) is 9.97 Å². The maximum absolute atomic E-state index is 6.02. The molecule has 0 atom stereocenters. The number of anilines is 1. The van der Waals surface area contributed by atoms with Crippen LogP contribution in [0, 0.1) is 0 Å². The van der Waals surface area contributed by atoms with Gasteiger partial charge in [-0.1, -0.05) is 23.7 Å². The molecule has 0 bridgehead atoms. The highest BCUT2D eigenvalue weighted by Crippen LogP contribution is 2.28. The van der Waals surface area contributed by atoms with Gasteiger partial charge in [-0.05, 0) is 26.0 Å². The number of nitrogens with one attached hydrogen (secondary N) is 1. The molecule has 116 valence electrons. The molecule has 22 heavy (non-hydrogen) atoms. The monoisotopic (exact) mass is 316 g/mol. The Morgan fingerprint density at radius 3 is 2.55 bits per heavy atom. The molecule has 1 aliphatic heterocycles. The van der Waals surface area contributed by atoms with E-state index in [1.807, 2.05) is 24.3 Å². The predicted molar refractivity (Wildman–Crippen MR) is 91.4 cm³/mol. The molecule has 0 spiro atoms. The molecule has 5 heteroatoms. The Morgan fingerprint density at radius 2 is 1.86 bits per heavy atom. The molecule has 4 nitrogen and oxygen atoms in total. The molecular weight excluding hydrogens is 296 g/mol. The van der Waals surface area contributed by atoms with Crippen LogP contribution in [0.2, 0.25) is 5.02 Å². The molecule has 0 amide bonds. The van der Waals surface area contributed by atoms with Crippen molar-refractivity contribution < 1.29 is 0 Å². The minimum Gasteiger partial charge on any atom is -0.341 e. The summed E-state index contributed by atoms with van der Waals surface area (Å²) in [6, 6.07) is 7.90. The van der Waals surface area contributed by atoms with Crippen LogP contribution in [0.4, 0.5) is 5.95 Å². The number of aromatic nitrogens is 2. The summed E-state index contributed by atoms with van der Waals surface area (Å²) >= 11 is 6.02. The van der Waals surface area contributed by atoms with Crippen molar-refractivity contribution in [3.63, 3.8) is 0 Å². The van der Waals surface area contributed by atoms with Crippen LogP contribution in [-0.4, -0.2) is 29.6 Å². The number of halogens is 1. The van der Waals surface area contributed by atoms with Crippen LogP contribution in [-0.2, 0) is 13.0 Å². The number of hydrogen-bond acceptors (Lipinski definition) is 4. The van der Waals surface area contributed by atoms with Gasteiger partial charge in [0, 0.05) is 48.7 Å². The summed E-state index contributed by atoms with van der Waals surface area (Å²) in [7, 11) is 0. The fraction of sp³-hybridized carbons (Fsp3) is 0.412. The molecule has 1 aromatic carbocycles. The molecule has 0 saturated heterocycles. The maximum atomic E-state index is 6.02. The topological polar surface area (TPSA) is 41.1 Å². The molecule has 1 aliphatic rings. The molecule has 0 unspecified atom stereocenters. The van der Waals surface area contributed by atoms with Crippen molar-refractivity contribution in [2.75, 3.05) is 24.5 Å². The lowest BCUT2D eigenvalue weighted by Gasteiger charge is -2.24. The zero-order chi connectivity index (χ0) is 15.5. The second kappa shape index (κ2) is 6.63. The normalized spacial score (nSPS) is 13.8. The first-order valence-electron chi connectivity index (χ1n) is 7.84. The second-order valence-corrected chi connectivity index (χ2v) is 5.84. The van der Waals surface area contributed by atoms with E-state index in [9.17, 15) is 0 Å². The number of nitrogens with zero attached hydrogens (tertiary/aromatic N) is 3. The molecule has 0 radical (unpaired) electrons. The van der Waals surface area contributed by atoms with Gasteiger partial charge in [0.25, 0.3) is 0 Å². The third-order valence-electron chi connectivity index (χ3n) is 4.09. The largest absolute Gasteiger partial charge is 0.341 e. The van der Waals surface area contributed by atoms with Crippen molar-refractivity contribution in [1.29, 1.82) is 0 Å². The van der Waals surface area contributed by atoms with E-state index >= 15 is 0 Å². The molecule has 0 fully saturated rings. The van der Waals surface area contributed by atoms with Crippen LogP contribution < -0.4 is 10.2 Å². The Labute approximate surface area is 136 Å². The van der Waals surface area contributed by atoms with Crippen LogP contribution in [0.3, 0.4) is 0 Å². The zero-order valence-electron chi connectivity index (χ0n) is 13.1. The number of fused-ring (bicyclic) bond motifs is 1. The van der Waals surface area contributed by atoms with Gasteiger partial charge in [-0.2, -0.15) is 0 Å². The molecule has 3 rings (SSSR count). The summed E-state index contributed by atoms with van der Waals surface area (Å²) in [6.07, 6.45) is 0.951. The summed E-state index contributed by atoms with van der Waals surface area (Å²) in [5, 5.41) is 4.16. The van der Waals surface area contributed by atoms with E-state index in [0.717, 1.165) is 54.8 Å². The average molecular weight is 317 g/mol. The number of benzene rings is 1. The number of rotatable bonds is 4. The van der Waals surface area contributed by atoms with Gasteiger partial charge < -0.3 is 10.2 Å². The third kappa shape index (κ3) is 2.94. The highest BCUT2D eigenvalue weighted by Gasteiger charge is 2.20. The smallest absolute Gasteiger partial charge is 0.226 e. The summed E-state index contributed by atoms with van der Waals surface area (Å²) < 4.78 is 0. The second-order valence-electron chi connectivity index (χ2n) is 5.40. The lowest BCUT2D eigenvalue weighted by atomic mass is 10.0. The van der Waals surface area contributed by atoms with Gasteiger partial charge in [0.2, 0.25) is 5.95 Å². The molecule has 1 aromatic heterocycles. The molecule has 2 heterocycles. The summed E-state index contributed by atoms with van der Waals surface area (Å²) in [5.41, 5.74) is 4.50. The SMILES string of the molecule is CCN(CC)c1nc2c(c(-c3ccc(Cl)cc3)n1)CNCC2. The Hall–Kier alpha value is -1.65. The van der Waals surface area contributed by atoms with Crippen molar-refractivity contribution in [2.24, 2.45) is 0 Å². The molecule has 1 N–H and O–H groups in total. The van der Waals surface area contributed by atoms with Crippen LogP contribution >= 0.6 is 11.6 Å². The summed E-state index contributed by atoms with van der Waals surface area (Å²) in [6.45, 7) is 7.89. The van der Waals surface area contributed by atoms with Gasteiger partial charge in [-0.3, -0.25) is 0 Å². The molecule has 0 aliphatic carbocycles. The van der Waals surface area contributed by atoms with Crippen molar-refractivity contribution in [3.8, 4) is 11.3 Å². The molecule has 0 saturated carbocycles. The van der Waals surface area contributed by atoms with Gasteiger partial charge >= 0.3 is 0 Å². The number of hydrogen-bond donors (Lipinski definition) is 1. The fourth-order valence-electron chi connectivity index (χ4n) is 2.82. The molecular formula is C17H21ClN4. The van der Waals surface area contributed by atoms with E-state index in [1.54, 1.807) is 0 Å². The van der Waals surface area contributed by atoms with Gasteiger partial charge in [0.1, 0.15) is 0 Å². The zero-order valence-corrected chi connectivity index (χ0v) is 13.8. The van der Waals surface area contributed by atoms with E-state index in [2.05, 4.69) is 24.1 Å². The van der Waals surface area contributed by atoms with E-state index in [0.29, 0.717) is 0 Å². The first kappa shape index (κ1) is 15.3. The Balaban J connectivity index is 2.13. The maximum Gasteiger partial charge on any atom is 0.226 e. The highest BCUT2D eigenvalue weighted by atomic mass is 35.5. The quantitative estimate of drug-likeness (QED) is 0.939. The van der Waals surface area contributed by atoms with Crippen molar-refractivity contribution in [1.82, 2.24) is 15.3 Å². The Morgan fingerprint density at radius 1 is 1.14 bits per heavy atom. The first-order valence-corrected chi connectivity index (χ1v) is 8.22. The third-order valence-corrected chi connectivity index (χ3v) is 4.34. The standard InChI is InChI=1S/C17H21ClN4/c1-3-22(4-2)17-20-15-9-10-19-11-14(15)16(21-17)12-5-7-13(18)8-6-12/h5-8,19H,3-4,9-11H2,1-2H3. The van der Waals surface area contributed by atoms with E-state index in [4.69, 9.17) is 21.6 Å². The minimum absolute atomic E-state index is 0.744. The van der Waals surface area contributed by atoms with E-state index in [1.165, 1.54) is 11.3 Å². The highest BCUT2D eigenvalue weighted by molar-refractivity contribution is 6.30. The average Bonchev–Trinajstić information content (AvgIpc) is 2.56.